The van der Waals surface area contributed by atoms with E-state index in [9.17, 15) is 9.59 Å². The highest BCUT2D eigenvalue weighted by atomic mass is 79.9. The minimum Gasteiger partial charge on any atom is -0.478 e. The standard InChI is InChI=1S/C10H12BrN3O3/c1-6(15)12-2-3-13-9-8(10(16)17)4-7(11)5-14-9/h4-5H,2-3H2,1H3,(H,12,15)(H,13,14)(H,16,17). The summed E-state index contributed by atoms with van der Waals surface area (Å²) in [6, 6.07) is 1.47. The van der Waals surface area contributed by atoms with Gasteiger partial charge < -0.3 is 15.7 Å². The number of aromatic carboxylic acids is 1. The number of carbonyl (C=O) groups excluding carboxylic acids is 1. The molecule has 0 saturated heterocycles. The third-order valence-corrected chi connectivity index (χ3v) is 2.31. The van der Waals surface area contributed by atoms with Crippen LogP contribution in [0.25, 0.3) is 0 Å². The molecule has 3 N–H and O–H groups in total. The summed E-state index contributed by atoms with van der Waals surface area (Å²) < 4.78 is 0.599. The van der Waals surface area contributed by atoms with Crippen molar-refractivity contribution in [3.63, 3.8) is 0 Å². The number of aromatic nitrogens is 1. The van der Waals surface area contributed by atoms with Gasteiger partial charge in [-0.1, -0.05) is 0 Å². The molecule has 1 aromatic rings. The molecule has 17 heavy (non-hydrogen) atoms. The summed E-state index contributed by atoms with van der Waals surface area (Å²) >= 11 is 3.15. The highest BCUT2D eigenvalue weighted by molar-refractivity contribution is 9.10. The zero-order valence-corrected chi connectivity index (χ0v) is 10.7. The monoisotopic (exact) mass is 301 g/mol. The van der Waals surface area contributed by atoms with Gasteiger partial charge in [0.05, 0.1) is 0 Å². The van der Waals surface area contributed by atoms with Crippen molar-refractivity contribution in [2.24, 2.45) is 0 Å². The van der Waals surface area contributed by atoms with E-state index in [1.165, 1.54) is 19.2 Å². The van der Waals surface area contributed by atoms with Crippen molar-refractivity contribution >= 4 is 33.6 Å². The fourth-order valence-corrected chi connectivity index (χ4v) is 1.49. The molecule has 0 fully saturated rings. The summed E-state index contributed by atoms with van der Waals surface area (Å²) in [4.78, 5) is 25.5. The van der Waals surface area contributed by atoms with E-state index < -0.39 is 5.97 Å². The van der Waals surface area contributed by atoms with E-state index in [4.69, 9.17) is 5.11 Å². The Morgan fingerprint density at radius 1 is 1.47 bits per heavy atom. The van der Waals surface area contributed by atoms with Gasteiger partial charge in [0, 0.05) is 30.7 Å². The molecule has 0 atom stereocenters. The van der Waals surface area contributed by atoms with Gasteiger partial charge in [-0.2, -0.15) is 0 Å². The van der Waals surface area contributed by atoms with Crippen molar-refractivity contribution in [3.05, 3.63) is 22.3 Å². The molecule has 0 radical (unpaired) electrons. The zero-order chi connectivity index (χ0) is 12.8. The molecule has 1 aromatic heterocycles. The second-order valence-electron chi connectivity index (χ2n) is 3.26. The molecule has 7 heteroatoms. The third-order valence-electron chi connectivity index (χ3n) is 1.88. The van der Waals surface area contributed by atoms with Gasteiger partial charge in [-0.3, -0.25) is 4.79 Å². The predicted octanol–water partition coefficient (Wildman–Crippen LogP) is 1.09. The fourth-order valence-electron chi connectivity index (χ4n) is 1.16. The van der Waals surface area contributed by atoms with E-state index >= 15 is 0 Å². The van der Waals surface area contributed by atoms with E-state index in [0.29, 0.717) is 17.6 Å². The van der Waals surface area contributed by atoms with Crippen molar-refractivity contribution in [2.45, 2.75) is 6.92 Å². The van der Waals surface area contributed by atoms with E-state index in [-0.39, 0.29) is 17.3 Å². The quantitative estimate of drug-likeness (QED) is 0.708. The van der Waals surface area contributed by atoms with Crippen LogP contribution < -0.4 is 10.6 Å². The normalized spacial score (nSPS) is 9.76. The van der Waals surface area contributed by atoms with Crippen molar-refractivity contribution in [1.29, 1.82) is 0 Å². The Hall–Kier alpha value is -1.63. The number of nitrogens with one attached hydrogen (secondary N) is 2. The van der Waals surface area contributed by atoms with Crippen LogP contribution in [0.15, 0.2) is 16.7 Å². The Kier molecular flexibility index (Phi) is 4.89. The average Bonchev–Trinajstić information content (AvgIpc) is 2.25. The smallest absolute Gasteiger partial charge is 0.339 e. The number of halogens is 1. The first-order chi connectivity index (χ1) is 8.00. The van der Waals surface area contributed by atoms with Gasteiger partial charge >= 0.3 is 5.97 Å². The molecule has 0 aliphatic rings. The number of hydrogen-bond donors (Lipinski definition) is 3. The van der Waals surface area contributed by atoms with Gasteiger partial charge in [-0.15, -0.1) is 0 Å². The zero-order valence-electron chi connectivity index (χ0n) is 9.16. The lowest BCUT2D eigenvalue weighted by atomic mass is 10.2. The van der Waals surface area contributed by atoms with E-state index in [2.05, 4.69) is 31.5 Å². The molecule has 0 unspecified atom stereocenters. The minimum atomic E-state index is -1.05. The molecule has 0 spiro atoms. The molecule has 0 aliphatic heterocycles. The van der Waals surface area contributed by atoms with Gasteiger partial charge in [-0.05, 0) is 22.0 Å². The molecule has 1 amide bonds. The number of hydrogen-bond acceptors (Lipinski definition) is 4. The maximum absolute atomic E-state index is 10.9. The summed E-state index contributed by atoms with van der Waals surface area (Å²) in [5.74, 6) is -0.902. The van der Waals surface area contributed by atoms with Crippen LogP contribution in [-0.2, 0) is 4.79 Å². The van der Waals surface area contributed by atoms with Crippen molar-refractivity contribution < 1.29 is 14.7 Å². The number of carboxylic acids is 1. The molecule has 1 rings (SSSR count). The minimum absolute atomic E-state index is 0.0854. The second kappa shape index (κ2) is 6.19. The molecule has 0 saturated carbocycles. The van der Waals surface area contributed by atoms with Crippen LogP contribution in [0.3, 0.4) is 0 Å². The number of pyridine rings is 1. The van der Waals surface area contributed by atoms with Gasteiger partial charge in [0.1, 0.15) is 11.4 Å². The molecule has 0 bridgehead atoms. The maximum atomic E-state index is 10.9. The molecular weight excluding hydrogens is 290 g/mol. The SMILES string of the molecule is CC(=O)NCCNc1ncc(Br)cc1C(=O)O. The Bertz CT molecular complexity index is 437. The van der Waals surface area contributed by atoms with Crippen LogP contribution in [0.5, 0.6) is 0 Å². The topological polar surface area (TPSA) is 91.3 Å². The van der Waals surface area contributed by atoms with Gasteiger partial charge in [0.15, 0.2) is 0 Å². The second-order valence-corrected chi connectivity index (χ2v) is 4.18. The van der Waals surface area contributed by atoms with Crippen molar-refractivity contribution in [3.8, 4) is 0 Å². The van der Waals surface area contributed by atoms with E-state index in [0.717, 1.165) is 0 Å². The first kappa shape index (κ1) is 13.4. The number of rotatable bonds is 5. The molecule has 0 aromatic carbocycles. The van der Waals surface area contributed by atoms with Crippen molar-refractivity contribution in [1.82, 2.24) is 10.3 Å². The highest BCUT2D eigenvalue weighted by Crippen LogP contribution is 2.17. The highest BCUT2D eigenvalue weighted by Gasteiger charge is 2.11. The first-order valence-electron chi connectivity index (χ1n) is 4.88. The fraction of sp³-hybridized carbons (Fsp3) is 0.300. The van der Waals surface area contributed by atoms with Gasteiger partial charge in [-0.25, -0.2) is 9.78 Å². The molecular formula is C10H12BrN3O3. The third kappa shape index (κ3) is 4.39. The van der Waals surface area contributed by atoms with Gasteiger partial charge in [0.2, 0.25) is 5.91 Å². The lowest BCUT2D eigenvalue weighted by molar-refractivity contribution is -0.118. The summed E-state index contributed by atoms with van der Waals surface area (Å²) in [6.45, 7) is 2.24. The number of nitrogens with zero attached hydrogens (tertiary/aromatic N) is 1. The van der Waals surface area contributed by atoms with Gasteiger partial charge in [0.25, 0.3) is 0 Å². The first-order valence-corrected chi connectivity index (χ1v) is 5.67. The number of carboxylic acid groups (broad SMARTS) is 1. The molecule has 6 nitrogen and oxygen atoms in total. The summed E-state index contributed by atoms with van der Waals surface area (Å²) in [6.07, 6.45) is 1.51. The molecule has 0 aliphatic carbocycles. The van der Waals surface area contributed by atoms with E-state index in [1.54, 1.807) is 0 Å². The van der Waals surface area contributed by atoms with Crippen LogP contribution in [0.2, 0.25) is 0 Å². The lowest BCUT2D eigenvalue weighted by Crippen LogP contribution is -2.26. The Balaban J connectivity index is 2.64. The maximum Gasteiger partial charge on any atom is 0.339 e. The van der Waals surface area contributed by atoms with Crippen LogP contribution in [0.4, 0.5) is 5.82 Å². The summed E-state index contributed by atoms with van der Waals surface area (Å²) in [5, 5.41) is 14.4. The largest absolute Gasteiger partial charge is 0.478 e. The van der Waals surface area contributed by atoms with Crippen LogP contribution in [0.1, 0.15) is 17.3 Å². The number of amides is 1. The Morgan fingerprint density at radius 3 is 2.76 bits per heavy atom. The van der Waals surface area contributed by atoms with Crippen LogP contribution >= 0.6 is 15.9 Å². The van der Waals surface area contributed by atoms with Crippen LogP contribution in [0, 0.1) is 0 Å². The van der Waals surface area contributed by atoms with Crippen molar-refractivity contribution in [2.75, 3.05) is 18.4 Å². The average molecular weight is 302 g/mol. The summed E-state index contributed by atoms with van der Waals surface area (Å²) in [7, 11) is 0. The predicted molar refractivity (Wildman–Crippen MR) is 66.1 cm³/mol. The number of carbonyl (C=O) groups is 2. The number of anilines is 1. The Labute approximate surface area is 107 Å². The van der Waals surface area contributed by atoms with Crippen LogP contribution in [-0.4, -0.2) is 35.1 Å². The summed E-state index contributed by atoms with van der Waals surface area (Å²) in [5.41, 5.74) is 0.0854. The lowest BCUT2D eigenvalue weighted by Gasteiger charge is -2.08. The Morgan fingerprint density at radius 2 is 2.18 bits per heavy atom. The molecule has 1 heterocycles. The molecule has 92 valence electrons. The van der Waals surface area contributed by atoms with E-state index in [1.807, 2.05) is 0 Å².